The maximum Gasteiger partial charge on any atom is 0.238 e. The second kappa shape index (κ2) is 8.55. The third kappa shape index (κ3) is 3.81. The fourth-order valence-corrected chi connectivity index (χ4v) is 3.56. The minimum atomic E-state index is -1.75. The first-order valence-corrected chi connectivity index (χ1v) is 9.78. The number of aliphatic hydroxyl groups is 4. The number of phenols is 4. The van der Waals surface area contributed by atoms with Crippen molar-refractivity contribution in [3.05, 3.63) is 34.5 Å². The topological polar surface area (TPSA) is 231 Å². The van der Waals surface area contributed by atoms with Gasteiger partial charge in [-0.25, -0.2) is 0 Å². The molecule has 0 spiro atoms. The van der Waals surface area contributed by atoms with Crippen LogP contribution < -0.4 is 10.2 Å². The molecular formula is C21H20O13. The van der Waals surface area contributed by atoms with E-state index in [0.717, 1.165) is 24.3 Å². The minimum Gasteiger partial charge on any atom is -0.507 e. The highest BCUT2D eigenvalue weighted by atomic mass is 16.7. The summed E-state index contributed by atoms with van der Waals surface area (Å²) in [5, 5.41) is 88.3. The Balaban J connectivity index is 1.78. The highest BCUT2D eigenvalue weighted by Crippen LogP contribution is 2.42. The lowest BCUT2D eigenvalue weighted by Crippen LogP contribution is -2.60. The fourth-order valence-electron chi connectivity index (χ4n) is 3.56. The van der Waals surface area contributed by atoms with Crippen molar-refractivity contribution >= 4 is 11.0 Å². The Morgan fingerprint density at radius 1 is 0.824 bits per heavy atom. The lowest BCUT2D eigenvalue weighted by molar-refractivity contribution is -0.277. The number of ether oxygens (including phenoxy) is 2. The Kier molecular flexibility index (Phi) is 5.89. The van der Waals surface area contributed by atoms with Crippen LogP contribution in [0.2, 0.25) is 0 Å². The Hall–Kier alpha value is -3.75. The van der Waals surface area contributed by atoms with Gasteiger partial charge in [-0.05, 0) is 12.1 Å². The number of hydrogen-bond donors (Lipinski definition) is 9. The predicted octanol–water partition coefficient (Wildman–Crippen LogP) is -0.833. The SMILES string of the molecule is O=c1c(O)c(-c2cc(O)c(O)c(O)c2)oc2cc(O[C@H]3OC(CO)[C@@H](O)C(O)[C@H]3O)cc(O)c12. The molecule has 5 atom stereocenters. The predicted molar refractivity (Wildman–Crippen MR) is 111 cm³/mol. The van der Waals surface area contributed by atoms with Crippen LogP contribution in [0.3, 0.4) is 0 Å². The summed E-state index contributed by atoms with van der Waals surface area (Å²) in [5.41, 5.74) is -1.59. The summed E-state index contributed by atoms with van der Waals surface area (Å²) in [6.45, 7) is -0.697. The van der Waals surface area contributed by atoms with E-state index >= 15 is 0 Å². The van der Waals surface area contributed by atoms with Gasteiger partial charge in [-0.2, -0.15) is 0 Å². The molecule has 1 fully saturated rings. The van der Waals surface area contributed by atoms with Crippen LogP contribution in [0.4, 0.5) is 0 Å². The van der Waals surface area contributed by atoms with Crippen molar-refractivity contribution in [1.82, 2.24) is 0 Å². The van der Waals surface area contributed by atoms with E-state index in [2.05, 4.69) is 0 Å². The zero-order valence-electron chi connectivity index (χ0n) is 17.1. The summed E-state index contributed by atoms with van der Waals surface area (Å²) in [6.07, 6.45) is -7.94. The summed E-state index contributed by atoms with van der Waals surface area (Å²) in [7, 11) is 0. The van der Waals surface area contributed by atoms with Crippen LogP contribution in [-0.2, 0) is 4.74 Å². The van der Waals surface area contributed by atoms with E-state index in [4.69, 9.17) is 13.9 Å². The summed E-state index contributed by atoms with van der Waals surface area (Å²) in [5.74, 6) is -4.77. The highest BCUT2D eigenvalue weighted by molar-refractivity contribution is 5.88. The van der Waals surface area contributed by atoms with Crippen LogP contribution in [-0.4, -0.2) is 83.3 Å². The zero-order valence-corrected chi connectivity index (χ0v) is 17.1. The standard InChI is InChI=1S/C21H20O13/c22-5-12-15(27)17(29)19(31)21(34-12)32-7-3-8(23)13-11(4-7)33-20(18(30)16(13)28)6-1-9(24)14(26)10(25)2-6/h1-4,12,15,17,19,21-27,29-31H,5H2/t12?,15-,17?,19-,21+/m1/s1. The molecular weight excluding hydrogens is 460 g/mol. The number of benzene rings is 2. The van der Waals surface area contributed by atoms with Gasteiger partial charge < -0.3 is 59.8 Å². The molecule has 182 valence electrons. The van der Waals surface area contributed by atoms with E-state index in [1.54, 1.807) is 0 Å². The monoisotopic (exact) mass is 480 g/mol. The van der Waals surface area contributed by atoms with Crippen molar-refractivity contribution in [3.63, 3.8) is 0 Å². The van der Waals surface area contributed by atoms with E-state index in [0.29, 0.717) is 0 Å². The average Bonchev–Trinajstić information content (AvgIpc) is 2.79. The van der Waals surface area contributed by atoms with E-state index in [-0.39, 0.29) is 16.9 Å². The molecule has 1 aliphatic heterocycles. The molecule has 2 aromatic carbocycles. The molecule has 13 heteroatoms. The number of aromatic hydroxyl groups is 5. The molecule has 2 heterocycles. The molecule has 0 saturated carbocycles. The Morgan fingerprint density at radius 3 is 2.09 bits per heavy atom. The summed E-state index contributed by atoms with van der Waals surface area (Å²) in [4.78, 5) is 12.7. The molecule has 13 nitrogen and oxygen atoms in total. The van der Waals surface area contributed by atoms with Gasteiger partial charge >= 0.3 is 0 Å². The van der Waals surface area contributed by atoms with Gasteiger partial charge in [0.2, 0.25) is 17.5 Å². The second-order valence-corrected chi connectivity index (χ2v) is 7.60. The first-order chi connectivity index (χ1) is 16.0. The van der Waals surface area contributed by atoms with E-state index in [1.165, 1.54) is 0 Å². The van der Waals surface area contributed by atoms with Crippen LogP contribution in [0, 0.1) is 0 Å². The van der Waals surface area contributed by atoms with Crippen LogP contribution in [0.5, 0.6) is 34.5 Å². The maximum absolute atomic E-state index is 12.7. The van der Waals surface area contributed by atoms with Crippen LogP contribution in [0.15, 0.2) is 33.5 Å². The average molecular weight is 480 g/mol. The summed E-state index contributed by atoms with van der Waals surface area (Å²) in [6, 6.07) is 3.85. The van der Waals surface area contributed by atoms with Crippen molar-refractivity contribution in [1.29, 1.82) is 0 Å². The first-order valence-electron chi connectivity index (χ1n) is 9.78. The normalized spacial score (nSPS) is 24.9. The minimum absolute atomic E-state index is 0.191. The van der Waals surface area contributed by atoms with Gasteiger partial charge in [0.05, 0.1) is 6.61 Å². The van der Waals surface area contributed by atoms with Crippen LogP contribution >= 0.6 is 0 Å². The number of phenolic OH excluding ortho intramolecular Hbond substituents is 4. The number of rotatable bonds is 4. The Morgan fingerprint density at radius 2 is 1.47 bits per heavy atom. The van der Waals surface area contributed by atoms with E-state index in [1.807, 2.05) is 0 Å². The van der Waals surface area contributed by atoms with Gasteiger partial charge in [0.1, 0.15) is 46.9 Å². The first kappa shape index (κ1) is 23.4. The lowest BCUT2D eigenvalue weighted by atomic mass is 9.99. The van der Waals surface area contributed by atoms with Gasteiger partial charge in [0.15, 0.2) is 23.0 Å². The van der Waals surface area contributed by atoms with Gasteiger partial charge in [-0.1, -0.05) is 0 Å². The molecule has 1 aromatic heterocycles. The quantitative estimate of drug-likeness (QED) is 0.208. The van der Waals surface area contributed by atoms with Gasteiger partial charge in [0.25, 0.3) is 0 Å². The number of aliphatic hydroxyl groups excluding tert-OH is 4. The largest absolute Gasteiger partial charge is 0.507 e. The van der Waals surface area contributed by atoms with Crippen molar-refractivity contribution in [2.24, 2.45) is 0 Å². The molecule has 0 radical (unpaired) electrons. The molecule has 3 aromatic rings. The maximum atomic E-state index is 12.7. The second-order valence-electron chi connectivity index (χ2n) is 7.60. The lowest BCUT2D eigenvalue weighted by Gasteiger charge is -2.39. The smallest absolute Gasteiger partial charge is 0.238 e. The molecule has 2 unspecified atom stereocenters. The number of fused-ring (bicyclic) bond motifs is 1. The van der Waals surface area contributed by atoms with E-state index < -0.39 is 82.6 Å². The Bertz CT molecular complexity index is 1280. The molecule has 0 amide bonds. The van der Waals surface area contributed by atoms with Crippen LogP contribution in [0.25, 0.3) is 22.3 Å². The molecule has 1 saturated heterocycles. The molecule has 9 N–H and O–H groups in total. The third-order valence-electron chi connectivity index (χ3n) is 5.36. The highest BCUT2D eigenvalue weighted by Gasteiger charge is 2.44. The van der Waals surface area contributed by atoms with Crippen LogP contribution in [0.1, 0.15) is 0 Å². The van der Waals surface area contributed by atoms with Gasteiger partial charge in [-0.15, -0.1) is 0 Å². The molecule has 0 aliphatic carbocycles. The van der Waals surface area contributed by atoms with Crippen molar-refractivity contribution in [2.75, 3.05) is 6.61 Å². The van der Waals surface area contributed by atoms with Gasteiger partial charge in [-0.3, -0.25) is 4.79 Å². The summed E-state index contributed by atoms with van der Waals surface area (Å²) < 4.78 is 16.2. The number of hydrogen-bond acceptors (Lipinski definition) is 13. The fraction of sp³-hybridized carbons (Fsp3) is 0.286. The molecule has 0 bridgehead atoms. The third-order valence-corrected chi connectivity index (χ3v) is 5.36. The van der Waals surface area contributed by atoms with E-state index in [9.17, 15) is 50.8 Å². The van der Waals surface area contributed by atoms with Crippen molar-refractivity contribution < 1.29 is 59.8 Å². The molecule has 4 rings (SSSR count). The molecule has 1 aliphatic rings. The molecule has 34 heavy (non-hydrogen) atoms. The van der Waals surface area contributed by atoms with Crippen molar-refractivity contribution in [2.45, 2.75) is 30.7 Å². The van der Waals surface area contributed by atoms with Crippen molar-refractivity contribution in [3.8, 4) is 45.8 Å². The Labute approximate surface area is 189 Å². The summed E-state index contributed by atoms with van der Waals surface area (Å²) >= 11 is 0. The zero-order chi connectivity index (χ0) is 24.9. The van der Waals surface area contributed by atoms with Gasteiger partial charge in [0, 0.05) is 17.7 Å².